The van der Waals surface area contributed by atoms with Crippen molar-refractivity contribution < 1.29 is 28.4 Å². The van der Waals surface area contributed by atoms with E-state index < -0.39 is 5.60 Å². The molecule has 5 unspecified atom stereocenters. The zero-order valence-corrected chi connectivity index (χ0v) is 29.1. The number of rotatable bonds is 19. The molecule has 39 heavy (non-hydrogen) atoms. The van der Waals surface area contributed by atoms with Crippen LogP contribution in [0.3, 0.4) is 0 Å². The predicted octanol–water partition coefficient (Wildman–Crippen LogP) is 8.52. The SMILES string of the molecule is CCC(C)(CC(C)OC(C)(C)C)OCC(COC(C)(C)CC(C)OC(C)(C)C)OC(C)(C)CC(C)OC(C)C. The van der Waals surface area contributed by atoms with Crippen molar-refractivity contribution in [1.29, 1.82) is 0 Å². The number of hydrogen-bond acceptors (Lipinski definition) is 6. The van der Waals surface area contributed by atoms with Crippen LogP contribution in [0.5, 0.6) is 0 Å². The largest absolute Gasteiger partial charge is 0.376 e. The van der Waals surface area contributed by atoms with Crippen molar-refractivity contribution in [3.63, 3.8) is 0 Å². The average Bonchev–Trinajstić information content (AvgIpc) is 2.65. The van der Waals surface area contributed by atoms with Crippen LogP contribution in [-0.4, -0.2) is 71.7 Å². The fraction of sp³-hybridized carbons (Fsp3) is 1.00. The zero-order valence-electron chi connectivity index (χ0n) is 29.1. The van der Waals surface area contributed by atoms with Gasteiger partial charge in [-0.3, -0.25) is 0 Å². The lowest BCUT2D eigenvalue weighted by Crippen LogP contribution is -2.44. The highest BCUT2D eigenvalue weighted by Gasteiger charge is 2.33. The topological polar surface area (TPSA) is 55.4 Å². The molecule has 0 aromatic rings. The highest BCUT2D eigenvalue weighted by atomic mass is 16.6. The molecule has 0 saturated heterocycles. The molecule has 0 aromatic carbocycles. The summed E-state index contributed by atoms with van der Waals surface area (Å²) in [5, 5.41) is 0. The van der Waals surface area contributed by atoms with Gasteiger partial charge in [0.25, 0.3) is 0 Å². The highest BCUT2D eigenvalue weighted by molar-refractivity contribution is 4.82. The van der Waals surface area contributed by atoms with E-state index in [-0.39, 0.29) is 52.9 Å². The molecule has 0 rings (SSSR count). The Bertz CT molecular complexity index is 660. The number of hydrogen-bond donors (Lipinski definition) is 0. The standard InChI is InChI=1S/C33H68O6/c1-18-33(17,21-27(6)38-30(10,11)12)35-23-28(39-32(15,16)19-25(4)36-24(2)3)22-34-31(13,14)20-26(5)37-29(7,8)9/h24-28H,18-23H2,1-17H3. The molecule has 5 atom stereocenters. The summed E-state index contributed by atoms with van der Waals surface area (Å²) in [5.41, 5.74) is -1.47. The summed E-state index contributed by atoms with van der Waals surface area (Å²) in [6.07, 6.45) is 3.46. The lowest BCUT2D eigenvalue weighted by Gasteiger charge is -2.38. The molecule has 0 fully saturated rings. The second-order valence-electron chi connectivity index (χ2n) is 15.4. The molecule has 0 amide bonds. The molecule has 0 bridgehead atoms. The van der Waals surface area contributed by atoms with Crippen LogP contribution in [0, 0.1) is 0 Å². The smallest absolute Gasteiger partial charge is 0.105 e. The fourth-order valence-electron chi connectivity index (χ4n) is 5.39. The van der Waals surface area contributed by atoms with Gasteiger partial charge in [0.05, 0.1) is 65.6 Å². The molecule has 0 aliphatic rings. The summed E-state index contributed by atoms with van der Waals surface area (Å²) < 4.78 is 38.2. The van der Waals surface area contributed by atoms with E-state index in [1.54, 1.807) is 0 Å². The summed E-state index contributed by atoms with van der Waals surface area (Å²) in [6, 6.07) is 0. The van der Waals surface area contributed by atoms with E-state index in [0.717, 1.165) is 25.7 Å². The molecule has 0 radical (unpaired) electrons. The van der Waals surface area contributed by atoms with Crippen LogP contribution in [0.4, 0.5) is 0 Å². The van der Waals surface area contributed by atoms with Gasteiger partial charge in [0, 0.05) is 19.3 Å². The van der Waals surface area contributed by atoms with Crippen LogP contribution in [0.1, 0.15) is 143 Å². The Morgan fingerprint density at radius 3 is 1.38 bits per heavy atom. The van der Waals surface area contributed by atoms with Gasteiger partial charge in [0.2, 0.25) is 0 Å². The molecule has 6 nitrogen and oxygen atoms in total. The van der Waals surface area contributed by atoms with E-state index >= 15 is 0 Å². The van der Waals surface area contributed by atoms with Gasteiger partial charge >= 0.3 is 0 Å². The molecule has 6 heteroatoms. The van der Waals surface area contributed by atoms with Gasteiger partial charge in [-0.25, -0.2) is 0 Å². The van der Waals surface area contributed by atoms with Crippen LogP contribution in [-0.2, 0) is 28.4 Å². The predicted molar refractivity (Wildman–Crippen MR) is 164 cm³/mol. The second-order valence-corrected chi connectivity index (χ2v) is 15.4. The summed E-state index contributed by atoms with van der Waals surface area (Å²) in [7, 11) is 0. The molecule has 236 valence electrons. The van der Waals surface area contributed by atoms with E-state index in [4.69, 9.17) is 28.4 Å². The van der Waals surface area contributed by atoms with Gasteiger partial charge in [-0.1, -0.05) is 6.92 Å². The lowest BCUT2D eigenvalue weighted by atomic mass is 9.95. The van der Waals surface area contributed by atoms with Gasteiger partial charge in [-0.05, 0) is 117 Å². The Kier molecular flexibility index (Phi) is 15.7. The first-order valence-corrected chi connectivity index (χ1v) is 15.3. The second kappa shape index (κ2) is 15.8. The van der Waals surface area contributed by atoms with E-state index in [1.165, 1.54) is 0 Å². The van der Waals surface area contributed by atoms with Crippen LogP contribution in [0.15, 0.2) is 0 Å². The maximum atomic E-state index is 6.70. The molecular formula is C33H68O6. The van der Waals surface area contributed by atoms with E-state index in [9.17, 15) is 0 Å². The first-order valence-electron chi connectivity index (χ1n) is 15.3. The van der Waals surface area contributed by atoms with Crippen LogP contribution in [0.2, 0.25) is 0 Å². The van der Waals surface area contributed by atoms with Crippen LogP contribution >= 0.6 is 0 Å². The molecule has 0 aromatic heterocycles. The minimum atomic E-state index is -0.399. The van der Waals surface area contributed by atoms with Gasteiger partial charge < -0.3 is 28.4 Å². The van der Waals surface area contributed by atoms with E-state index in [0.29, 0.717) is 13.2 Å². The summed E-state index contributed by atoms with van der Waals surface area (Å²) in [4.78, 5) is 0. The molecule has 0 aliphatic carbocycles. The van der Waals surface area contributed by atoms with Crippen LogP contribution in [0.25, 0.3) is 0 Å². The van der Waals surface area contributed by atoms with Crippen molar-refractivity contribution >= 4 is 0 Å². The monoisotopic (exact) mass is 561 g/mol. The minimum absolute atomic E-state index is 0.0776. The van der Waals surface area contributed by atoms with Gasteiger partial charge in [-0.2, -0.15) is 0 Å². The Labute approximate surface area is 243 Å². The highest BCUT2D eigenvalue weighted by Crippen LogP contribution is 2.29. The molecule has 0 aliphatic heterocycles. The first kappa shape index (κ1) is 38.8. The van der Waals surface area contributed by atoms with Crippen molar-refractivity contribution in [3.05, 3.63) is 0 Å². The van der Waals surface area contributed by atoms with Crippen molar-refractivity contribution in [2.75, 3.05) is 13.2 Å². The molecular weight excluding hydrogens is 492 g/mol. The molecule has 0 N–H and O–H groups in total. The van der Waals surface area contributed by atoms with Crippen molar-refractivity contribution in [1.82, 2.24) is 0 Å². The van der Waals surface area contributed by atoms with Crippen molar-refractivity contribution in [2.24, 2.45) is 0 Å². The Hall–Kier alpha value is -0.240. The third-order valence-corrected chi connectivity index (χ3v) is 6.40. The lowest BCUT2D eigenvalue weighted by molar-refractivity contribution is -0.188. The molecule has 0 spiro atoms. The average molecular weight is 561 g/mol. The Morgan fingerprint density at radius 2 is 0.949 bits per heavy atom. The van der Waals surface area contributed by atoms with Crippen molar-refractivity contribution in [3.8, 4) is 0 Å². The Morgan fingerprint density at radius 1 is 0.513 bits per heavy atom. The fourth-order valence-corrected chi connectivity index (χ4v) is 5.39. The van der Waals surface area contributed by atoms with Gasteiger partial charge in [-0.15, -0.1) is 0 Å². The summed E-state index contributed by atoms with van der Waals surface area (Å²) in [6.45, 7) is 36.7. The van der Waals surface area contributed by atoms with Crippen molar-refractivity contribution in [2.45, 2.75) is 202 Å². The summed E-state index contributed by atoms with van der Waals surface area (Å²) >= 11 is 0. The third kappa shape index (κ3) is 20.3. The Balaban J connectivity index is 5.54. The first-order chi connectivity index (χ1) is 17.4. The zero-order chi connectivity index (χ0) is 30.9. The van der Waals surface area contributed by atoms with Gasteiger partial charge in [0.15, 0.2) is 0 Å². The maximum absolute atomic E-state index is 6.70. The number of ether oxygens (including phenoxy) is 6. The van der Waals surface area contributed by atoms with Crippen LogP contribution < -0.4 is 0 Å². The quantitative estimate of drug-likeness (QED) is 0.158. The summed E-state index contributed by atoms with van der Waals surface area (Å²) in [5.74, 6) is 0. The normalized spacial score (nSPS) is 18.6. The van der Waals surface area contributed by atoms with E-state index in [1.807, 2.05) is 0 Å². The van der Waals surface area contributed by atoms with E-state index in [2.05, 4.69) is 118 Å². The molecule has 0 saturated carbocycles. The maximum Gasteiger partial charge on any atom is 0.105 e. The minimum Gasteiger partial charge on any atom is -0.376 e. The molecule has 0 heterocycles. The van der Waals surface area contributed by atoms with Gasteiger partial charge in [0.1, 0.15) is 6.10 Å². The third-order valence-electron chi connectivity index (χ3n) is 6.40.